The van der Waals surface area contributed by atoms with Gasteiger partial charge < -0.3 is 10.3 Å². The first-order valence-electron chi connectivity index (χ1n) is 5.23. The Balaban J connectivity index is 1.90. The molecule has 6 nitrogen and oxygen atoms in total. The maximum absolute atomic E-state index is 5.85. The average Bonchev–Trinajstić information content (AvgIpc) is 2.94. The van der Waals surface area contributed by atoms with Crippen LogP contribution < -0.4 is 5.32 Å². The Hall–Kier alpha value is -1.73. The highest BCUT2D eigenvalue weighted by Crippen LogP contribution is 2.20. The molecule has 0 atom stereocenters. The molecule has 0 bridgehead atoms. The fourth-order valence-electron chi connectivity index (χ4n) is 1.59. The number of rotatable bonds is 3. The Morgan fingerprint density at radius 1 is 1.39 bits per heavy atom. The molecule has 3 heterocycles. The molecule has 3 rings (SSSR count). The van der Waals surface area contributed by atoms with E-state index in [0.29, 0.717) is 18.0 Å². The molecule has 0 radical (unpaired) electrons. The lowest BCUT2D eigenvalue weighted by Crippen LogP contribution is -2.03. The highest BCUT2D eigenvalue weighted by Gasteiger charge is 2.09. The largest absolute Gasteiger partial charge is 0.363 e. The van der Waals surface area contributed by atoms with E-state index in [1.165, 1.54) is 0 Å². The van der Waals surface area contributed by atoms with E-state index >= 15 is 0 Å². The number of hydrogen-bond donors (Lipinski definition) is 2. The van der Waals surface area contributed by atoms with E-state index in [9.17, 15) is 0 Å². The molecule has 3 aromatic rings. The number of hydrogen-bond acceptors (Lipinski definition) is 6. The second-order valence-electron chi connectivity index (χ2n) is 3.66. The fourth-order valence-corrected chi connectivity index (χ4v) is 2.48. The lowest BCUT2D eigenvalue weighted by molar-refractivity contribution is 1.09. The molecule has 0 spiro atoms. The number of aromatic nitrogens is 5. The van der Waals surface area contributed by atoms with Gasteiger partial charge in [0.15, 0.2) is 11.5 Å². The van der Waals surface area contributed by atoms with Crippen LogP contribution in [0.1, 0.15) is 10.6 Å². The summed E-state index contributed by atoms with van der Waals surface area (Å²) in [7, 11) is 0. The minimum atomic E-state index is 0.179. The van der Waals surface area contributed by atoms with Gasteiger partial charge in [-0.3, -0.25) is 0 Å². The summed E-state index contributed by atoms with van der Waals surface area (Å²) in [6.45, 7) is 2.63. The van der Waals surface area contributed by atoms with Crippen LogP contribution in [0, 0.1) is 6.92 Å². The fraction of sp³-hybridized carbons (Fsp3) is 0.200. The summed E-state index contributed by atoms with van der Waals surface area (Å²) in [5.74, 6) is 0.648. The van der Waals surface area contributed by atoms with Crippen molar-refractivity contribution in [1.29, 1.82) is 0 Å². The van der Waals surface area contributed by atoms with Crippen LogP contribution in [0.15, 0.2) is 11.8 Å². The van der Waals surface area contributed by atoms with Gasteiger partial charge in [0, 0.05) is 4.88 Å². The van der Waals surface area contributed by atoms with Gasteiger partial charge >= 0.3 is 0 Å². The van der Waals surface area contributed by atoms with Crippen LogP contribution in [0.25, 0.3) is 11.2 Å². The summed E-state index contributed by atoms with van der Waals surface area (Å²) in [5.41, 5.74) is 4.15. The maximum atomic E-state index is 5.85. The summed E-state index contributed by atoms with van der Waals surface area (Å²) in [5, 5.41) is 3.40. The van der Waals surface area contributed by atoms with Crippen LogP contribution in [-0.2, 0) is 6.54 Å². The summed E-state index contributed by atoms with van der Waals surface area (Å²) < 4.78 is 0. The van der Waals surface area contributed by atoms with Crippen molar-refractivity contribution in [3.05, 3.63) is 27.7 Å². The maximum Gasteiger partial charge on any atom is 0.226 e. The molecular formula is C10H9ClN6S. The van der Waals surface area contributed by atoms with Gasteiger partial charge in [-0.1, -0.05) is 0 Å². The Morgan fingerprint density at radius 3 is 3.06 bits per heavy atom. The second kappa shape index (κ2) is 4.51. The van der Waals surface area contributed by atoms with Crippen molar-refractivity contribution in [3.8, 4) is 0 Å². The van der Waals surface area contributed by atoms with E-state index in [-0.39, 0.29) is 5.28 Å². The number of aryl methyl sites for hydroxylation is 1. The first-order chi connectivity index (χ1) is 8.74. The molecule has 92 valence electrons. The summed E-state index contributed by atoms with van der Waals surface area (Å²) >= 11 is 7.45. The van der Waals surface area contributed by atoms with Crippen LogP contribution in [-0.4, -0.2) is 24.9 Å². The standard InChI is InChI=1S/C10H9ClN6S/c1-5-6(18-4-15-5)2-12-8-7-9(14-3-13-7)17-10(11)16-8/h3-4H,2H2,1H3,(H2,12,13,14,16,17). The Morgan fingerprint density at radius 2 is 2.28 bits per heavy atom. The van der Waals surface area contributed by atoms with Crippen LogP contribution in [0.5, 0.6) is 0 Å². The van der Waals surface area contributed by atoms with Crippen LogP contribution >= 0.6 is 22.9 Å². The molecule has 0 saturated carbocycles. The molecular weight excluding hydrogens is 272 g/mol. The molecule has 8 heteroatoms. The van der Waals surface area contributed by atoms with E-state index < -0.39 is 0 Å². The van der Waals surface area contributed by atoms with Crippen LogP contribution in [0.3, 0.4) is 0 Å². The number of nitrogens with one attached hydrogen (secondary N) is 2. The summed E-state index contributed by atoms with van der Waals surface area (Å²) in [6.07, 6.45) is 1.57. The first-order valence-corrected chi connectivity index (χ1v) is 6.49. The highest BCUT2D eigenvalue weighted by atomic mass is 35.5. The average molecular weight is 281 g/mol. The predicted octanol–water partition coefficient (Wildman–Crippen LogP) is 2.38. The zero-order valence-corrected chi connectivity index (χ0v) is 11.0. The molecule has 0 amide bonds. The third-order valence-corrected chi connectivity index (χ3v) is 3.62. The molecule has 0 aliphatic carbocycles. The Bertz CT molecular complexity index is 691. The summed E-state index contributed by atoms with van der Waals surface area (Å²) in [6, 6.07) is 0. The molecule has 18 heavy (non-hydrogen) atoms. The lowest BCUT2D eigenvalue weighted by atomic mass is 10.4. The number of halogens is 1. The van der Waals surface area contributed by atoms with Crippen molar-refractivity contribution in [2.24, 2.45) is 0 Å². The number of fused-ring (bicyclic) bond motifs is 1. The van der Waals surface area contributed by atoms with E-state index in [2.05, 4.69) is 30.2 Å². The number of thiazole rings is 1. The van der Waals surface area contributed by atoms with Crippen molar-refractivity contribution in [2.75, 3.05) is 5.32 Å². The second-order valence-corrected chi connectivity index (χ2v) is 4.93. The van der Waals surface area contributed by atoms with E-state index in [0.717, 1.165) is 16.1 Å². The minimum absolute atomic E-state index is 0.179. The quantitative estimate of drug-likeness (QED) is 0.720. The number of H-pyrrole nitrogens is 1. The minimum Gasteiger partial charge on any atom is -0.363 e. The Labute approximate surface area is 111 Å². The molecule has 0 aliphatic rings. The monoisotopic (exact) mass is 280 g/mol. The number of nitrogens with zero attached hydrogens (tertiary/aromatic N) is 4. The Kier molecular flexibility index (Phi) is 2.85. The van der Waals surface area contributed by atoms with Gasteiger partial charge in [0.05, 0.1) is 24.1 Å². The van der Waals surface area contributed by atoms with E-state index in [1.807, 2.05) is 12.4 Å². The van der Waals surface area contributed by atoms with Gasteiger partial charge in [-0.25, -0.2) is 9.97 Å². The van der Waals surface area contributed by atoms with Crippen LogP contribution in [0.2, 0.25) is 5.28 Å². The number of aromatic amines is 1. The first kappa shape index (κ1) is 11.4. The van der Waals surface area contributed by atoms with Gasteiger partial charge in [-0.2, -0.15) is 9.97 Å². The van der Waals surface area contributed by atoms with Gasteiger partial charge in [0.2, 0.25) is 5.28 Å². The van der Waals surface area contributed by atoms with Crippen molar-refractivity contribution in [2.45, 2.75) is 13.5 Å². The molecule has 0 aromatic carbocycles. The third kappa shape index (κ3) is 2.02. The van der Waals surface area contributed by atoms with Gasteiger partial charge in [0.25, 0.3) is 0 Å². The molecule has 2 N–H and O–H groups in total. The predicted molar refractivity (Wildman–Crippen MR) is 70.9 cm³/mol. The normalized spacial score (nSPS) is 11.0. The number of anilines is 1. The zero-order valence-electron chi connectivity index (χ0n) is 9.44. The zero-order chi connectivity index (χ0) is 12.5. The summed E-state index contributed by atoms with van der Waals surface area (Å²) in [4.78, 5) is 20.6. The smallest absolute Gasteiger partial charge is 0.226 e. The van der Waals surface area contributed by atoms with Gasteiger partial charge in [-0.15, -0.1) is 11.3 Å². The SMILES string of the molecule is Cc1ncsc1CNc1nc(Cl)nc2nc[nH]c12. The molecule has 3 aromatic heterocycles. The van der Waals surface area contributed by atoms with Crippen molar-refractivity contribution >= 4 is 39.9 Å². The van der Waals surface area contributed by atoms with Gasteiger partial charge in [0.1, 0.15) is 5.52 Å². The molecule has 0 fully saturated rings. The topological polar surface area (TPSA) is 79.4 Å². The number of imidazole rings is 1. The molecule has 0 unspecified atom stereocenters. The van der Waals surface area contributed by atoms with Crippen molar-refractivity contribution in [1.82, 2.24) is 24.9 Å². The lowest BCUT2D eigenvalue weighted by Gasteiger charge is -2.05. The van der Waals surface area contributed by atoms with E-state index in [1.54, 1.807) is 17.7 Å². The van der Waals surface area contributed by atoms with E-state index in [4.69, 9.17) is 11.6 Å². The highest BCUT2D eigenvalue weighted by molar-refractivity contribution is 7.09. The third-order valence-electron chi connectivity index (χ3n) is 2.52. The molecule has 0 aliphatic heterocycles. The molecule has 0 saturated heterocycles. The van der Waals surface area contributed by atoms with Crippen LogP contribution in [0.4, 0.5) is 5.82 Å². The van der Waals surface area contributed by atoms with Crippen molar-refractivity contribution < 1.29 is 0 Å². The van der Waals surface area contributed by atoms with Crippen molar-refractivity contribution in [3.63, 3.8) is 0 Å². The van der Waals surface area contributed by atoms with Gasteiger partial charge in [-0.05, 0) is 18.5 Å².